The lowest BCUT2D eigenvalue weighted by Gasteiger charge is -2.19. The first kappa shape index (κ1) is 16.7. The summed E-state index contributed by atoms with van der Waals surface area (Å²) in [6, 6.07) is 0.144. The number of nitrogens with zero attached hydrogens (tertiary/aromatic N) is 3. The van der Waals surface area contributed by atoms with Gasteiger partial charge in [-0.05, 0) is 20.3 Å². The summed E-state index contributed by atoms with van der Waals surface area (Å²) in [7, 11) is 0. The van der Waals surface area contributed by atoms with Crippen LogP contribution in [0.15, 0.2) is 9.52 Å². The van der Waals surface area contributed by atoms with Crippen LogP contribution in [0.4, 0.5) is 0 Å². The summed E-state index contributed by atoms with van der Waals surface area (Å²) in [4.78, 5) is 8.58. The van der Waals surface area contributed by atoms with Gasteiger partial charge in [-0.2, -0.15) is 4.98 Å². The molecule has 1 saturated heterocycles. The van der Waals surface area contributed by atoms with Crippen LogP contribution in [-0.4, -0.2) is 54.6 Å². The molecule has 0 saturated carbocycles. The molecule has 0 aromatic carbocycles. The highest BCUT2D eigenvalue weighted by Crippen LogP contribution is 2.08. The predicted octanol–water partition coefficient (Wildman–Crippen LogP) is 0.627. The van der Waals surface area contributed by atoms with Crippen molar-refractivity contribution >= 4 is 5.96 Å². The van der Waals surface area contributed by atoms with Gasteiger partial charge in [0.15, 0.2) is 11.8 Å². The number of ether oxygens (including phenoxy) is 2. The highest BCUT2D eigenvalue weighted by Gasteiger charge is 2.17. The molecule has 2 N–H and O–H groups in total. The molecule has 1 aliphatic heterocycles. The summed E-state index contributed by atoms with van der Waals surface area (Å²) >= 11 is 0. The molecule has 1 aromatic heterocycles. The first-order valence-electron chi connectivity index (χ1n) is 7.70. The minimum absolute atomic E-state index is 0.144. The Bertz CT molecular complexity index is 471. The number of aryl methyl sites for hydroxylation is 1. The van der Waals surface area contributed by atoms with Crippen molar-refractivity contribution < 1.29 is 14.0 Å². The van der Waals surface area contributed by atoms with E-state index >= 15 is 0 Å². The van der Waals surface area contributed by atoms with Gasteiger partial charge in [-0.3, -0.25) is 0 Å². The first-order chi connectivity index (χ1) is 10.7. The molecule has 2 heterocycles. The minimum Gasteiger partial charge on any atom is -0.379 e. The summed E-state index contributed by atoms with van der Waals surface area (Å²) < 4.78 is 16.0. The Morgan fingerprint density at radius 3 is 3.05 bits per heavy atom. The molecule has 124 valence electrons. The summed E-state index contributed by atoms with van der Waals surface area (Å²) in [5.74, 6) is 1.83. The highest BCUT2D eigenvalue weighted by molar-refractivity contribution is 5.79. The summed E-state index contributed by atoms with van der Waals surface area (Å²) in [6.07, 6.45) is 1.18. The van der Waals surface area contributed by atoms with Crippen molar-refractivity contribution in [1.82, 2.24) is 20.8 Å². The third-order valence-corrected chi connectivity index (χ3v) is 3.15. The molecule has 1 aromatic rings. The van der Waals surface area contributed by atoms with Crippen molar-refractivity contribution in [1.29, 1.82) is 0 Å². The number of rotatable bonds is 7. The van der Waals surface area contributed by atoms with Gasteiger partial charge in [-0.25, -0.2) is 4.99 Å². The zero-order chi connectivity index (χ0) is 15.8. The second-order valence-corrected chi connectivity index (χ2v) is 5.29. The predicted molar refractivity (Wildman–Crippen MR) is 81.6 cm³/mol. The second-order valence-electron chi connectivity index (χ2n) is 5.29. The number of hydrogen-bond donors (Lipinski definition) is 2. The molecule has 0 aliphatic carbocycles. The lowest BCUT2D eigenvalue weighted by atomic mass is 10.3. The molecule has 0 amide bonds. The fraction of sp³-hybridized carbons (Fsp3) is 0.786. The quantitative estimate of drug-likeness (QED) is 0.563. The third kappa shape index (κ3) is 5.61. The van der Waals surface area contributed by atoms with Crippen molar-refractivity contribution in [3.05, 3.63) is 11.7 Å². The molecule has 0 radical (unpaired) electrons. The van der Waals surface area contributed by atoms with Crippen LogP contribution in [0.1, 0.15) is 32.0 Å². The summed E-state index contributed by atoms with van der Waals surface area (Å²) in [6.45, 7) is 9.08. The Kier molecular flexibility index (Phi) is 6.60. The van der Waals surface area contributed by atoms with Gasteiger partial charge in [0.25, 0.3) is 0 Å². The maximum absolute atomic E-state index is 5.80. The average Bonchev–Trinajstić information content (AvgIpc) is 3.14. The Morgan fingerprint density at radius 2 is 2.41 bits per heavy atom. The van der Waals surface area contributed by atoms with Crippen LogP contribution in [0, 0.1) is 6.92 Å². The van der Waals surface area contributed by atoms with E-state index in [0.717, 1.165) is 19.6 Å². The average molecular weight is 311 g/mol. The molecule has 2 atom stereocenters. The van der Waals surface area contributed by atoms with Crippen LogP contribution >= 0.6 is 0 Å². The van der Waals surface area contributed by atoms with E-state index in [0.29, 0.717) is 37.4 Å². The molecular weight excluding hydrogens is 286 g/mol. The normalized spacial score (nSPS) is 20.1. The largest absolute Gasteiger partial charge is 0.379 e. The van der Waals surface area contributed by atoms with E-state index in [1.807, 2.05) is 6.92 Å². The zero-order valence-corrected chi connectivity index (χ0v) is 13.5. The van der Waals surface area contributed by atoms with Crippen molar-refractivity contribution in [3.63, 3.8) is 0 Å². The van der Waals surface area contributed by atoms with Gasteiger partial charge in [-0.15, -0.1) is 0 Å². The van der Waals surface area contributed by atoms with Gasteiger partial charge in [0.2, 0.25) is 5.89 Å². The molecule has 0 spiro atoms. The van der Waals surface area contributed by atoms with E-state index < -0.39 is 0 Å². The molecule has 1 aliphatic rings. The van der Waals surface area contributed by atoms with Crippen LogP contribution in [0.3, 0.4) is 0 Å². The SMILES string of the molecule is CCNC(=NCc1noc(C)n1)NC(C)COC1CCOC1. The molecule has 8 heteroatoms. The Labute approximate surface area is 130 Å². The van der Waals surface area contributed by atoms with E-state index in [-0.39, 0.29) is 12.1 Å². The third-order valence-electron chi connectivity index (χ3n) is 3.15. The summed E-state index contributed by atoms with van der Waals surface area (Å²) in [5.41, 5.74) is 0. The van der Waals surface area contributed by atoms with E-state index in [2.05, 4.69) is 32.7 Å². The fourth-order valence-corrected chi connectivity index (χ4v) is 2.08. The van der Waals surface area contributed by atoms with Crippen LogP contribution in [-0.2, 0) is 16.0 Å². The maximum atomic E-state index is 5.80. The number of aliphatic imine (C=N–C) groups is 1. The first-order valence-corrected chi connectivity index (χ1v) is 7.70. The van der Waals surface area contributed by atoms with E-state index in [4.69, 9.17) is 14.0 Å². The monoisotopic (exact) mass is 311 g/mol. The molecule has 1 fully saturated rings. The van der Waals surface area contributed by atoms with Crippen LogP contribution in [0.5, 0.6) is 0 Å². The zero-order valence-electron chi connectivity index (χ0n) is 13.5. The maximum Gasteiger partial charge on any atom is 0.223 e. The lowest BCUT2D eigenvalue weighted by molar-refractivity contribution is 0.0347. The van der Waals surface area contributed by atoms with Crippen molar-refractivity contribution in [2.75, 3.05) is 26.4 Å². The van der Waals surface area contributed by atoms with E-state index in [9.17, 15) is 0 Å². The van der Waals surface area contributed by atoms with Gasteiger partial charge in [0.05, 0.1) is 19.3 Å². The molecule has 0 bridgehead atoms. The lowest BCUT2D eigenvalue weighted by Crippen LogP contribution is -2.44. The molecular formula is C14H25N5O3. The molecule has 22 heavy (non-hydrogen) atoms. The number of guanidine groups is 1. The van der Waals surface area contributed by atoms with Gasteiger partial charge in [-0.1, -0.05) is 5.16 Å². The van der Waals surface area contributed by atoms with Crippen LogP contribution in [0.25, 0.3) is 0 Å². The Hall–Kier alpha value is -1.67. The second kappa shape index (κ2) is 8.70. The smallest absolute Gasteiger partial charge is 0.223 e. The highest BCUT2D eigenvalue weighted by atomic mass is 16.5. The number of hydrogen-bond acceptors (Lipinski definition) is 6. The van der Waals surface area contributed by atoms with E-state index in [1.54, 1.807) is 6.92 Å². The van der Waals surface area contributed by atoms with Gasteiger partial charge >= 0.3 is 0 Å². The van der Waals surface area contributed by atoms with Gasteiger partial charge in [0, 0.05) is 26.1 Å². The standard InChI is InChI=1S/C14H25N5O3/c1-4-15-14(16-7-13-18-11(3)22-19-13)17-10(2)8-21-12-5-6-20-9-12/h10,12H,4-9H2,1-3H3,(H2,15,16,17). The van der Waals surface area contributed by atoms with Gasteiger partial charge in [0.1, 0.15) is 6.54 Å². The van der Waals surface area contributed by atoms with Crippen LogP contribution in [0.2, 0.25) is 0 Å². The molecule has 2 rings (SSSR count). The van der Waals surface area contributed by atoms with Crippen molar-refractivity contribution in [2.45, 2.75) is 45.9 Å². The Balaban J connectivity index is 1.78. The topological polar surface area (TPSA) is 93.8 Å². The van der Waals surface area contributed by atoms with E-state index in [1.165, 1.54) is 0 Å². The fourth-order valence-electron chi connectivity index (χ4n) is 2.08. The summed E-state index contributed by atoms with van der Waals surface area (Å²) in [5, 5.41) is 10.3. The van der Waals surface area contributed by atoms with Crippen molar-refractivity contribution in [3.8, 4) is 0 Å². The minimum atomic E-state index is 0.144. The molecule has 2 unspecified atom stereocenters. The Morgan fingerprint density at radius 1 is 1.55 bits per heavy atom. The van der Waals surface area contributed by atoms with Crippen LogP contribution < -0.4 is 10.6 Å². The molecule has 8 nitrogen and oxygen atoms in total. The number of aromatic nitrogens is 2. The van der Waals surface area contributed by atoms with Gasteiger partial charge < -0.3 is 24.6 Å². The number of nitrogens with one attached hydrogen (secondary N) is 2. The van der Waals surface area contributed by atoms with Crippen molar-refractivity contribution in [2.24, 2.45) is 4.99 Å².